The first-order valence-corrected chi connectivity index (χ1v) is 15.0. The Morgan fingerprint density at radius 1 is 0.867 bits per heavy atom. The molecule has 0 aliphatic carbocycles. The van der Waals surface area contributed by atoms with Gasteiger partial charge in [0.15, 0.2) is 0 Å². The van der Waals surface area contributed by atoms with Crippen molar-refractivity contribution in [3.8, 4) is 5.75 Å². The van der Waals surface area contributed by atoms with Crippen molar-refractivity contribution in [1.82, 2.24) is 20.5 Å². The zero-order valence-corrected chi connectivity index (χ0v) is 24.8. The molecule has 0 saturated carbocycles. The van der Waals surface area contributed by atoms with Gasteiger partial charge in [-0.15, -0.1) is 0 Å². The monoisotopic (exact) mass is 610 g/mol. The fourth-order valence-corrected chi connectivity index (χ4v) is 5.83. The lowest BCUT2D eigenvalue weighted by molar-refractivity contribution is -0.140. The second kappa shape index (κ2) is 14.1. The molecule has 11 heteroatoms. The van der Waals surface area contributed by atoms with Gasteiger partial charge in [-0.05, 0) is 54.2 Å². The summed E-state index contributed by atoms with van der Waals surface area (Å²) in [6.07, 6.45) is 3.40. The van der Waals surface area contributed by atoms with Crippen LogP contribution in [0.3, 0.4) is 0 Å². The zero-order valence-electron chi connectivity index (χ0n) is 24.8. The second-order valence-electron chi connectivity index (χ2n) is 11.4. The summed E-state index contributed by atoms with van der Waals surface area (Å²) >= 11 is 0. The number of aromatic amines is 1. The van der Waals surface area contributed by atoms with Crippen LogP contribution in [0, 0.1) is 0 Å². The van der Waals surface area contributed by atoms with E-state index in [2.05, 4.69) is 15.6 Å². The summed E-state index contributed by atoms with van der Waals surface area (Å²) < 4.78 is 0. The van der Waals surface area contributed by atoms with Gasteiger partial charge in [0.25, 0.3) is 0 Å². The molecule has 1 aromatic heterocycles. The molecule has 4 aromatic rings. The maximum absolute atomic E-state index is 13.7. The summed E-state index contributed by atoms with van der Waals surface area (Å²) in [4.78, 5) is 57.8. The first-order valence-electron chi connectivity index (χ1n) is 15.0. The number of hydrogen-bond acceptors (Lipinski definition) is 6. The minimum absolute atomic E-state index is 0.115. The van der Waals surface area contributed by atoms with Gasteiger partial charge in [0.1, 0.15) is 23.9 Å². The first-order chi connectivity index (χ1) is 21.7. The maximum Gasteiger partial charge on any atom is 0.243 e. The van der Waals surface area contributed by atoms with Gasteiger partial charge in [0, 0.05) is 36.5 Å². The molecule has 8 N–H and O–H groups in total. The van der Waals surface area contributed by atoms with E-state index in [0.717, 1.165) is 27.6 Å². The zero-order chi connectivity index (χ0) is 31.9. The van der Waals surface area contributed by atoms with Crippen molar-refractivity contribution in [2.75, 3.05) is 6.54 Å². The number of para-hydroxylation sites is 1. The molecule has 1 aliphatic heterocycles. The van der Waals surface area contributed by atoms with Gasteiger partial charge in [0.05, 0.1) is 6.04 Å². The molecule has 1 aliphatic rings. The van der Waals surface area contributed by atoms with Crippen molar-refractivity contribution < 1.29 is 24.3 Å². The number of carbonyl (C=O) groups excluding carboxylic acids is 4. The maximum atomic E-state index is 13.7. The predicted octanol–water partition coefficient (Wildman–Crippen LogP) is 1.67. The molecule has 1 fully saturated rings. The Labute approximate surface area is 261 Å². The number of aromatic nitrogens is 1. The standard InChI is InChI=1S/C34H38N6O5/c35-26(17-22-12-14-24(41)15-13-22)34(45)40-16-6-11-30(40)33(44)39-29(18-21-7-2-1-3-8-21)32(43)38-28(31(36)42)19-23-20-37-27-10-5-4-9-25(23)27/h1-5,7-10,12-15,20,26,28-30,37,41H,6,11,16-19,35H2,(H2,36,42)(H,38,43)(H,39,44)/t26-,28-,29-,30-/m0/s1. The van der Waals surface area contributed by atoms with Crippen molar-refractivity contribution in [1.29, 1.82) is 0 Å². The number of nitrogens with one attached hydrogen (secondary N) is 3. The van der Waals surface area contributed by atoms with Crippen LogP contribution in [-0.4, -0.2) is 69.3 Å². The molecule has 4 amide bonds. The number of phenols is 1. The Morgan fingerprint density at radius 3 is 2.29 bits per heavy atom. The molecule has 45 heavy (non-hydrogen) atoms. The fourth-order valence-electron chi connectivity index (χ4n) is 5.83. The van der Waals surface area contributed by atoms with Crippen molar-refractivity contribution in [2.24, 2.45) is 11.5 Å². The summed E-state index contributed by atoms with van der Waals surface area (Å²) in [6, 6.07) is 19.6. The Kier molecular flexibility index (Phi) is 9.79. The average Bonchev–Trinajstić information content (AvgIpc) is 3.69. The predicted molar refractivity (Wildman–Crippen MR) is 170 cm³/mol. The fraction of sp³-hybridized carbons (Fsp3) is 0.294. The summed E-state index contributed by atoms with van der Waals surface area (Å²) in [7, 11) is 0. The number of likely N-dealkylation sites (tertiary alicyclic amines) is 1. The highest BCUT2D eigenvalue weighted by molar-refractivity contribution is 5.95. The number of H-pyrrole nitrogens is 1. The first kappa shape index (κ1) is 31.3. The SMILES string of the molecule is NC(=O)[C@H](Cc1c[nH]c2ccccc12)NC(=O)[C@H](Cc1ccccc1)NC(=O)[C@@H]1CCCN1C(=O)[C@@H](N)Cc1ccc(O)cc1. The number of rotatable bonds is 12. The minimum Gasteiger partial charge on any atom is -0.508 e. The lowest BCUT2D eigenvalue weighted by Crippen LogP contribution is -2.58. The third-order valence-corrected chi connectivity index (χ3v) is 8.22. The van der Waals surface area contributed by atoms with E-state index in [1.165, 1.54) is 17.0 Å². The Hall–Kier alpha value is -5.16. The Bertz CT molecular complexity index is 1650. The van der Waals surface area contributed by atoms with Crippen LogP contribution in [0.4, 0.5) is 0 Å². The molecular formula is C34H38N6O5. The topological polar surface area (TPSA) is 184 Å². The van der Waals surface area contributed by atoms with Gasteiger partial charge in [-0.2, -0.15) is 0 Å². The van der Waals surface area contributed by atoms with Crippen LogP contribution in [0.2, 0.25) is 0 Å². The molecule has 1 saturated heterocycles. The average molecular weight is 611 g/mol. The smallest absolute Gasteiger partial charge is 0.243 e. The Morgan fingerprint density at radius 2 is 1.56 bits per heavy atom. The van der Waals surface area contributed by atoms with E-state index in [4.69, 9.17) is 11.5 Å². The van der Waals surface area contributed by atoms with Gasteiger partial charge in [-0.1, -0.05) is 60.7 Å². The largest absolute Gasteiger partial charge is 0.508 e. The summed E-state index contributed by atoms with van der Waals surface area (Å²) in [5.74, 6) is -1.98. The van der Waals surface area contributed by atoms with E-state index in [1.54, 1.807) is 18.3 Å². The van der Waals surface area contributed by atoms with Gasteiger partial charge in [0.2, 0.25) is 23.6 Å². The normalized spacial score (nSPS) is 16.6. The van der Waals surface area contributed by atoms with Gasteiger partial charge >= 0.3 is 0 Å². The number of phenolic OH excluding ortho intramolecular Hbond substituents is 1. The molecule has 0 unspecified atom stereocenters. The van der Waals surface area contributed by atoms with Crippen molar-refractivity contribution in [3.63, 3.8) is 0 Å². The Balaban J connectivity index is 1.29. The van der Waals surface area contributed by atoms with E-state index >= 15 is 0 Å². The molecule has 2 heterocycles. The molecule has 11 nitrogen and oxygen atoms in total. The number of fused-ring (bicyclic) bond motifs is 1. The summed E-state index contributed by atoms with van der Waals surface area (Å²) in [5.41, 5.74) is 15.3. The summed E-state index contributed by atoms with van der Waals surface area (Å²) in [5, 5.41) is 16.1. The second-order valence-corrected chi connectivity index (χ2v) is 11.4. The molecule has 0 spiro atoms. The van der Waals surface area contributed by atoms with E-state index < -0.39 is 41.9 Å². The molecule has 0 bridgehead atoms. The molecule has 0 radical (unpaired) electrons. The van der Waals surface area contributed by atoms with E-state index in [0.29, 0.717) is 19.4 Å². The lowest BCUT2D eigenvalue weighted by Gasteiger charge is -2.29. The van der Waals surface area contributed by atoms with Crippen LogP contribution < -0.4 is 22.1 Å². The van der Waals surface area contributed by atoms with Crippen LogP contribution in [-0.2, 0) is 38.4 Å². The number of carbonyl (C=O) groups is 4. The number of hydrogen-bond donors (Lipinski definition) is 6. The van der Waals surface area contributed by atoms with Crippen LogP contribution in [0.15, 0.2) is 85.1 Å². The van der Waals surface area contributed by atoms with Crippen LogP contribution in [0.1, 0.15) is 29.5 Å². The molecule has 5 rings (SSSR count). The van der Waals surface area contributed by atoms with Crippen LogP contribution in [0.25, 0.3) is 10.9 Å². The molecule has 234 valence electrons. The lowest BCUT2D eigenvalue weighted by atomic mass is 10.0. The van der Waals surface area contributed by atoms with E-state index in [9.17, 15) is 24.3 Å². The van der Waals surface area contributed by atoms with Crippen molar-refractivity contribution >= 4 is 34.5 Å². The number of benzene rings is 3. The van der Waals surface area contributed by atoms with Crippen LogP contribution in [0.5, 0.6) is 5.75 Å². The quantitative estimate of drug-likeness (QED) is 0.142. The number of primary amides is 1. The molecule has 3 aromatic carbocycles. The van der Waals surface area contributed by atoms with E-state index in [-0.39, 0.29) is 30.9 Å². The van der Waals surface area contributed by atoms with Gasteiger partial charge < -0.3 is 37.1 Å². The van der Waals surface area contributed by atoms with Crippen molar-refractivity contribution in [3.05, 3.63) is 102 Å². The molecular weight excluding hydrogens is 572 g/mol. The third kappa shape index (κ3) is 7.68. The summed E-state index contributed by atoms with van der Waals surface area (Å²) in [6.45, 7) is 0.365. The van der Waals surface area contributed by atoms with Crippen molar-refractivity contribution in [2.45, 2.75) is 56.3 Å². The third-order valence-electron chi connectivity index (χ3n) is 8.22. The van der Waals surface area contributed by atoms with E-state index in [1.807, 2.05) is 54.6 Å². The highest BCUT2D eigenvalue weighted by atomic mass is 16.3. The number of aromatic hydroxyl groups is 1. The molecule has 4 atom stereocenters. The number of amides is 4. The highest BCUT2D eigenvalue weighted by Crippen LogP contribution is 2.21. The highest BCUT2D eigenvalue weighted by Gasteiger charge is 2.38. The van der Waals surface area contributed by atoms with Gasteiger partial charge in [-0.3, -0.25) is 19.2 Å². The van der Waals surface area contributed by atoms with Gasteiger partial charge in [-0.25, -0.2) is 0 Å². The minimum atomic E-state index is -1.03. The van der Waals surface area contributed by atoms with Crippen LogP contribution >= 0.6 is 0 Å². The number of nitrogens with zero attached hydrogens (tertiary/aromatic N) is 1. The number of nitrogens with two attached hydrogens (primary N) is 2.